The molecule has 0 aliphatic heterocycles. The van der Waals surface area contributed by atoms with Gasteiger partial charge in [-0.3, -0.25) is 4.79 Å². The number of hydrogen-bond donors (Lipinski definition) is 2. The van der Waals surface area contributed by atoms with Gasteiger partial charge in [0.25, 0.3) is 5.91 Å². The Labute approximate surface area is 122 Å². The molecule has 21 heavy (non-hydrogen) atoms. The number of carbonyl (C=O) groups excluding carboxylic acids is 1. The third-order valence-electron chi connectivity index (χ3n) is 3.17. The molecule has 0 aliphatic carbocycles. The summed E-state index contributed by atoms with van der Waals surface area (Å²) >= 11 is 0. The summed E-state index contributed by atoms with van der Waals surface area (Å²) in [5.74, 6) is 1.07. The summed E-state index contributed by atoms with van der Waals surface area (Å²) in [4.78, 5) is 11.9. The van der Waals surface area contributed by atoms with Gasteiger partial charge in [-0.05, 0) is 44.2 Å². The average Bonchev–Trinajstić information content (AvgIpc) is 2.83. The van der Waals surface area contributed by atoms with E-state index in [9.17, 15) is 9.90 Å². The van der Waals surface area contributed by atoms with Crippen LogP contribution in [-0.4, -0.2) is 17.6 Å². The number of carbonyl (C=O) groups is 1. The van der Waals surface area contributed by atoms with Crippen molar-refractivity contribution < 1.29 is 14.3 Å². The van der Waals surface area contributed by atoms with Gasteiger partial charge in [0.2, 0.25) is 0 Å². The first kappa shape index (κ1) is 14.8. The molecule has 0 saturated heterocycles. The van der Waals surface area contributed by atoms with E-state index in [0.717, 1.165) is 5.76 Å². The SMILES string of the molecule is Cc1cc(C(O)CNC(=O)c2ccc(C#N)cc2)c(C)o1. The van der Waals surface area contributed by atoms with E-state index in [0.29, 0.717) is 22.5 Å². The number of aliphatic hydroxyl groups is 1. The van der Waals surface area contributed by atoms with Crippen LogP contribution >= 0.6 is 0 Å². The second-order valence-corrected chi connectivity index (χ2v) is 4.78. The topological polar surface area (TPSA) is 86.3 Å². The molecule has 2 rings (SSSR count). The van der Waals surface area contributed by atoms with E-state index in [1.165, 1.54) is 0 Å². The number of furan rings is 1. The smallest absolute Gasteiger partial charge is 0.251 e. The fourth-order valence-corrected chi connectivity index (χ4v) is 2.08. The van der Waals surface area contributed by atoms with Crippen LogP contribution < -0.4 is 5.32 Å². The van der Waals surface area contributed by atoms with Crippen molar-refractivity contribution in [1.82, 2.24) is 5.32 Å². The van der Waals surface area contributed by atoms with Crippen molar-refractivity contribution in [3.8, 4) is 6.07 Å². The highest BCUT2D eigenvalue weighted by Gasteiger charge is 2.15. The fourth-order valence-electron chi connectivity index (χ4n) is 2.08. The van der Waals surface area contributed by atoms with Gasteiger partial charge in [0.05, 0.1) is 17.7 Å². The number of rotatable bonds is 4. The van der Waals surface area contributed by atoms with Crippen molar-refractivity contribution in [2.45, 2.75) is 20.0 Å². The molecular weight excluding hydrogens is 268 g/mol. The van der Waals surface area contributed by atoms with E-state index < -0.39 is 6.10 Å². The number of aryl methyl sites for hydroxylation is 2. The minimum absolute atomic E-state index is 0.0959. The molecule has 108 valence electrons. The van der Waals surface area contributed by atoms with Crippen LogP contribution in [-0.2, 0) is 0 Å². The number of amides is 1. The van der Waals surface area contributed by atoms with Gasteiger partial charge >= 0.3 is 0 Å². The lowest BCUT2D eigenvalue weighted by Gasteiger charge is -2.11. The maximum atomic E-state index is 11.9. The monoisotopic (exact) mass is 284 g/mol. The number of benzene rings is 1. The molecule has 0 aliphatic rings. The van der Waals surface area contributed by atoms with Gasteiger partial charge in [0, 0.05) is 17.7 Å². The second-order valence-electron chi connectivity index (χ2n) is 4.78. The molecule has 5 heteroatoms. The van der Waals surface area contributed by atoms with Gasteiger partial charge in [0.1, 0.15) is 11.5 Å². The Bertz CT molecular complexity index is 681. The average molecular weight is 284 g/mol. The number of nitrogens with one attached hydrogen (secondary N) is 1. The van der Waals surface area contributed by atoms with Gasteiger partial charge < -0.3 is 14.8 Å². The molecule has 1 amide bonds. The minimum Gasteiger partial charge on any atom is -0.466 e. The first-order chi connectivity index (χ1) is 10.0. The molecule has 1 unspecified atom stereocenters. The van der Waals surface area contributed by atoms with Crippen LogP contribution in [0, 0.1) is 25.2 Å². The molecule has 0 fully saturated rings. The molecule has 1 heterocycles. The van der Waals surface area contributed by atoms with Gasteiger partial charge in [-0.25, -0.2) is 0 Å². The van der Waals surface area contributed by atoms with Gasteiger partial charge in [-0.1, -0.05) is 0 Å². The third-order valence-corrected chi connectivity index (χ3v) is 3.17. The van der Waals surface area contributed by atoms with Crippen LogP contribution in [0.25, 0.3) is 0 Å². The molecule has 5 nitrogen and oxygen atoms in total. The normalized spacial score (nSPS) is 11.7. The maximum Gasteiger partial charge on any atom is 0.251 e. The molecule has 0 radical (unpaired) electrons. The van der Waals surface area contributed by atoms with Crippen LogP contribution in [0.1, 0.15) is 39.1 Å². The van der Waals surface area contributed by atoms with Crippen molar-refractivity contribution in [1.29, 1.82) is 5.26 Å². The first-order valence-corrected chi connectivity index (χ1v) is 6.54. The number of aliphatic hydroxyl groups excluding tert-OH is 1. The highest BCUT2D eigenvalue weighted by Crippen LogP contribution is 2.20. The lowest BCUT2D eigenvalue weighted by atomic mass is 10.1. The quantitative estimate of drug-likeness (QED) is 0.901. The second kappa shape index (κ2) is 6.25. The zero-order valence-corrected chi connectivity index (χ0v) is 11.9. The lowest BCUT2D eigenvalue weighted by Crippen LogP contribution is -2.28. The summed E-state index contributed by atoms with van der Waals surface area (Å²) < 4.78 is 5.35. The summed E-state index contributed by atoms with van der Waals surface area (Å²) in [7, 11) is 0. The Morgan fingerprint density at radius 2 is 2.05 bits per heavy atom. The summed E-state index contributed by atoms with van der Waals surface area (Å²) in [6.45, 7) is 3.67. The highest BCUT2D eigenvalue weighted by atomic mass is 16.3. The van der Waals surface area contributed by atoms with Crippen LogP contribution in [0.5, 0.6) is 0 Å². The van der Waals surface area contributed by atoms with E-state index in [2.05, 4.69) is 5.32 Å². The fraction of sp³-hybridized carbons (Fsp3) is 0.250. The van der Waals surface area contributed by atoms with Gasteiger partial charge in [0.15, 0.2) is 0 Å². The van der Waals surface area contributed by atoms with E-state index in [4.69, 9.17) is 9.68 Å². The number of nitriles is 1. The minimum atomic E-state index is -0.815. The molecule has 1 atom stereocenters. The molecule has 1 aromatic carbocycles. The third kappa shape index (κ3) is 3.50. The highest BCUT2D eigenvalue weighted by molar-refractivity contribution is 5.94. The summed E-state index contributed by atoms with van der Waals surface area (Å²) in [6.07, 6.45) is -0.815. The lowest BCUT2D eigenvalue weighted by molar-refractivity contribution is 0.0915. The molecule has 2 aromatic rings. The Balaban J connectivity index is 1.97. The van der Waals surface area contributed by atoms with E-state index >= 15 is 0 Å². The van der Waals surface area contributed by atoms with Crippen molar-refractivity contribution in [3.63, 3.8) is 0 Å². The van der Waals surface area contributed by atoms with Crippen molar-refractivity contribution in [2.24, 2.45) is 0 Å². The Morgan fingerprint density at radius 3 is 2.57 bits per heavy atom. The van der Waals surface area contributed by atoms with E-state index in [1.807, 2.05) is 6.07 Å². The van der Waals surface area contributed by atoms with Crippen molar-refractivity contribution >= 4 is 5.91 Å². The Morgan fingerprint density at radius 1 is 1.38 bits per heavy atom. The molecule has 2 N–H and O–H groups in total. The van der Waals surface area contributed by atoms with Gasteiger partial charge in [-0.2, -0.15) is 5.26 Å². The molecule has 0 bridgehead atoms. The van der Waals surface area contributed by atoms with Crippen LogP contribution in [0.3, 0.4) is 0 Å². The zero-order valence-electron chi connectivity index (χ0n) is 11.9. The maximum absolute atomic E-state index is 11.9. The van der Waals surface area contributed by atoms with Gasteiger partial charge in [-0.15, -0.1) is 0 Å². The van der Waals surface area contributed by atoms with Crippen LogP contribution in [0.4, 0.5) is 0 Å². The number of hydrogen-bond acceptors (Lipinski definition) is 4. The Hall–Kier alpha value is -2.58. The Kier molecular flexibility index (Phi) is 4.41. The predicted molar refractivity (Wildman–Crippen MR) is 76.6 cm³/mol. The molecule has 0 saturated carbocycles. The molecule has 1 aromatic heterocycles. The van der Waals surface area contributed by atoms with E-state index in [1.54, 1.807) is 44.2 Å². The van der Waals surface area contributed by atoms with Crippen molar-refractivity contribution in [2.75, 3.05) is 6.54 Å². The van der Waals surface area contributed by atoms with Crippen LogP contribution in [0.2, 0.25) is 0 Å². The summed E-state index contributed by atoms with van der Waals surface area (Å²) in [5, 5.41) is 21.4. The van der Waals surface area contributed by atoms with E-state index in [-0.39, 0.29) is 12.5 Å². The first-order valence-electron chi connectivity index (χ1n) is 6.54. The molecule has 0 spiro atoms. The predicted octanol–water partition coefficient (Wildman–Crippen LogP) is 2.23. The molecular formula is C16H16N2O3. The summed E-state index contributed by atoms with van der Waals surface area (Å²) in [5.41, 5.74) is 1.62. The largest absolute Gasteiger partial charge is 0.466 e. The van der Waals surface area contributed by atoms with Crippen LogP contribution in [0.15, 0.2) is 34.7 Å². The summed E-state index contributed by atoms with van der Waals surface area (Å²) in [6, 6.07) is 10.1. The van der Waals surface area contributed by atoms with Crippen molar-refractivity contribution in [3.05, 3.63) is 58.5 Å². The zero-order chi connectivity index (χ0) is 15.4. The standard InChI is InChI=1S/C16H16N2O3/c1-10-7-14(11(2)21-10)15(19)9-18-16(20)13-5-3-12(8-17)4-6-13/h3-7,15,19H,9H2,1-2H3,(H,18,20). The number of nitrogens with zero attached hydrogens (tertiary/aromatic N) is 1.